The van der Waals surface area contributed by atoms with E-state index in [4.69, 9.17) is 9.84 Å². The normalized spacial score (nSPS) is 10.9. The zero-order valence-electron chi connectivity index (χ0n) is 16.8. The minimum Gasteiger partial charge on any atom is -0.497 e. The van der Waals surface area contributed by atoms with E-state index in [1.165, 1.54) is 0 Å². The molecule has 3 rings (SSSR count). The lowest BCUT2D eigenvalue weighted by atomic mass is 10.1. The Morgan fingerprint density at radius 2 is 1.93 bits per heavy atom. The Kier molecular flexibility index (Phi) is 6.11. The van der Waals surface area contributed by atoms with Gasteiger partial charge < -0.3 is 15.0 Å². The van der Waals surface area contributed by atoms with Crippen LogP contribution in [0.2, 0.25) is 0 Å². The van der Waals surface area contributed by atoms with Crippen molar-refractivity contribution in [3.63, 3.8) is 0 Å². The van der Waals surface area contributed by atoms with E-state index in [9.17, 15) is 4.79 Å². The summed E-state index contributed by atoms with van der Waals surface area (Å²) in [6.07, 6.45) is 0. The molecule has 2 aromatic carbocycles. The van der Waals surface area contributed by atoms with Gasteiger partial charge in [-0.05, 0) is 56.9 Å². The van der Waals surface area contributed by atoms with Crippen molar-refractivity contribution in [3.8, 4) is 22.7 Å². The molecule has 0 fully saturated rings. The van der Waals surface area contributed by atoms with Gasteiger partial charge in [-0.3, -0.25) is 4.79 Å². The molecule has 1 amide bonds. The number of nitrogens with zero attached hydrogens (tertiary/aromatic N) is 3. The molecule has 0 bridgehead atoms. The van der Waals surface area contributed by atoms with E-state index in [-0.39, 0.29) is 5.91 Å². The Morgan fingerprint density at radius 1 is 1.14 bits per heavy atom. The summed E-state index contributed by atoms with van der Waals surface area (Å²) in [6.45, 7) is 3.36. The van der Waals surface area contributed by atoms with Crippen LogP contribution >= 0.6 is 0 Å². The molecule has 0 saturated heterocycles. The number of carbonyl (C=O) groups is 1. The van der Waals surface area contributed by atoms with Crippen LogP contribution in [0.1, 0.15) is 16.1 Å². The second-order valence-corrected chi connectivity index (χ2v) is 6.96. The van der Waals surface area contributed by atoms with Crippen LogP contribution in [0.5, 0.6) is 5.75 Å². The second kappa shape index (κ2) is 8.71. The van der Waals surface area contributed by atoms with Crippen LogP contribution in [-0.2, 0) is 0 Å². The lowest BCUT2D eigenvalue weighted by Crippen LogP contribution is -2.32. The summed E-state index contributed by atoms with van der Waals surface area (Å²) in [5, 5.41) is 7.70. The van der Waals surface area contributed by atoms with E-state index in [2.05, 4.69) is 5.32 Å². The molecule has 0 atom stereocenters. The monoisotopic (exact) mass is 378 g/mol. The lowest BCUT2D eigenvalue weighted by molar-refractivity contribution is 0.0943. The standard InChI is InChI=1S/C22H26N4O2/c1-16-7-5-9-18(13-16)26-21(22(27)23-11-12-25(2)3)15-20(24-26)17-8-6-10-19(14-17)28-4/h5-10,13-15H,11-12H2,1-4H3,(H,23,27). The van der Waals surface area contributed by atoms with Crippen molar-refractivity contribution in [2.75, 3.05) is 34.3 Å². The predicted octanol–water partition coefficient (Wildman–Crippen LogP) is 3.15. The summed E-state index contributed by atoms with van der Waals surface area (Å²) in [4.78, 5) is 14.9. The number of amides is 1. The molecule has 3 aromatic rings. The highest BCUT2D eigenvalue weighted by Crippen LogP contribution is 2.25. The average molecular weight is 378 g/mol. The van der Waals surface area contributed by atoms with Gasteiger partial charge in [0.25, 0.3) is 5.91 Å². The van der Waals surface area contributed by atoms with Gasteiger partial charge in [-0.15, -0.1) is 0 Å². The smallest absolute Gasteiger partial charge is 0.270 e. The van der Waals surface area contributed by atoms with Crippen LogP contribution in [0.25, 0.3) is 16.9 Å². The molecule has 0 aliphatic rings. The third-order valence-electron chi connectivity index (χ3n) is 4.40. The van der Waals surface area contributed by atoms with Crippen LogP contribution in [-0.4, -0.2) is 54.9 Å². The van der Waals surface area contributed by atoms with E-state index in [1.807, 2.05) is 80.5 Å². The molecule has 0 saturated carbocycles. The highest BCUT2D eigenvalue weighted by molar-refractivity contribution is 5.94. The average Bonchev–Trinajstić information content (AvgIpc) is 3.13. The number of hydrogen-bond acceptors (Lipinski definition) is 4. The minimum atomic E-state index is -0.148. The molecule has 0 aliphatic carbocycles. The third-order valence-corrected chi connectivity index (χ3v) is 4.40. The molecule has 0 radical (unpaired) electrons. The summed E-state index contributed by atoms with van der Waals surface area (Å²) in [7, 11) is 5.59. The topological polar surface area (TPSA) is 59.4 Å². The van der Waals surface area contributed by atoms with Crippen molar-refractivity contribution in [1.29, 1.82) is 0 Å². The third kappa shape index (κ3) is 4.58. The van der Waals surface area contributed by atoms with Gasteiger partial charge >= 0.3 is 0 Å². The SMILES string of the molecule is COc1cccc(-c2cc(C(=O)NCCN(C)C)n(-c3cccc(C)c3)n2)c1. The molecular formula is C22H26N4O2. The highest BCUT2D eigenvalue weighted by atomic mass is 16.5. The number of methoxy groups -OCH3 is 1. The van der Waals surface area contributed by atoms with Crippen molar-refractivity contribution in [2.45, 2.75) is 6.92 Å². The zero-order chi connectivity index (χ0) is 20.1. The molecule has 6 nitrogen and oxygen atoms in total. The largest absolute Gasteiger partial charge is 0.497 e. The summed E-state index contributed by atoms with van der Waals surface area (Å²) in [5.74, 6) is 0.601. The minimum absolute atomic E-state index is 0.148. The van der Waals surface area contributed by atoms with Gasteiger partial charge in [0, 0.05) is 18.7 Å². The van der Waals surface area contributed by atoms with Gasteiger partial charge in [0.2, 0.25) is 0 Å². The summed E-state index contributed by atoms with van der Waals surface area (Å²) in [6, 6.07) is 17.4. The molecule has 6 heteroatoms. The van der Waals surface area contributed by atoms with Crippen LogP contribution in [0, 0.1) is 6.92 Å². The first-order chi connectivity index (χ1) is 13.5. The molecule has 1 heterocycles. The summed E-state index contributed by atoms with van der Waals surface area (Å²) >= 11 is 0. The number of ether oxygens (including phenoxy) is 1. The van der Waals surface area contributed by atoms with E-state index in [0.717, 1.165) is 34.8 Å². The zero-order valence-corrected chi connectivity index (χ0v) is 16.8. The van der Waals surface area contributed by atoms with Crippen molar-refractivity contribution >= 4 is 5.91 Å². The van der Waals surface area contributed by atoms with Gasteiger partial charge in [-0.1, -0.05) is 24.3 Å². The van der Waals surface area contributed by atoms with E-state index in [0.29, 0.717) is 12.2 Å². The first-order valence-corrected chi connectivity index (χ1v) is 9.22. The Labute approximate surface area is 165 Å². The van der Waals surface area contributed by atoms with Crippen molar-refractivity contribution in [1.82, 2.24) is 20.0 Å². The van der Waals surface area contributed by atoms with Gasteiger partial charge in [0.15, 0.2) is 0 Å². The molecule has 1 N–H and O–H groups in total. The second-order valence-electron chi connectivity index (χ2n) is 6.96. The number of nitrogens with one attached hydrogen (secondary N) is 1. The van der Waals surface area contributed by atoms with Crippen molar-refractivity contribution in [2.24, 2.45) is 0 Å². The molecule has 0 aliphatic heterocycles. The summed E-state index contributed by atoms with van der Waals surface area (Å²) < 4.78 is 7.02. The first-order valence-electron chi connectivity index (χ1n) is 9.22. The number of benzene rings is 2. The maximum Gasteiger partial charge on any atom is 0.270 e. The van der Waals surface area contributed by atoms with E-state index >= 15 is 0 Å². The van der Waals surface area contributed by atoms with Gasteiger partial charge in [-0.25, -0.2) is 4.68 Å². The molecule has 146 valence electrons. The number of carbonyl (C=O) groups excluding carboxylic acids is 1. The fraction of sp³-hybridized carbons (Fsp3) is 0.273. The quantitative estimate of drug-likeness (QED) is 0.686. The van der Waals surface area contributed by atoms with Crippen LogP contribution in [0.4, 0.5) is 0 Å². The number of likely N-dealkylation sites (N-methyl/N-ethyl adjacent to an activating group) is 1. The van der Waals surface area contributed by atoms with Gasteiger partial charge in [-0.2, -0.15) is 5.10 Å². The van der Waals surface area contributed by atoms with Gasteiger partial charge in [0.05, 0.1) is 18.5 Å². The predicted molar refractivity (Wildman–Crippen MR) is 111 cm³/mol. The highest BCUT2D eigenvalue weighted by Gasteiger charge is 2.18. The van der Waals surface area contributed by atoms with E-state index in [1.54, 1.807) is 11.8 Å². The molecule has 1 aromatic heterocycles. The fourth-order valence-corrected chi connectivity index (χ4v) is 2.91. The van der Waals surface area contributed by atoms with Crippen molar-refractivity contribution in [3.05, 3.63) is 65.9 Å². The molecule has 0 spiro atoms. The molecule has 0 unspecified atom stereocenters. The Hall–Kier alpha value is -3.12. The maximum atomic E-state index is 12.9. The molecular weight excluding hydrogens is 352 g/mol. The van der Waals surface area contributed by atoms with E-state index < -0.39 is 0 Å². The number of hydrogen-bond donors (Lipinski definition) is 1. The number of aromatic nitrogens is 2. The maximum absolute atomic E-state index is 12.9. The summed E-state index contributed by atoms with van der Waals surface area (Å²) in [5.41, 5.74) is 4.08. The first kappa shape index (κ1) is 19.6. The Bertz CT molecular complexity index is 963. The fourth-order valence-electron chi connectivity index (χ4n) is 2.91. The van der Waals surface area contributed by atoms with Crippen LogP contribution in [0.15, 0.2) is 54.6 Å². The van der Waals surface area contributed by atoms with Crippen molar-refractivity contribution < 1.29 is 9.53 Å². The van der Waals surface area contributed by atoms with Crippen LogP contribution < -0.4 is 10.1 Å². The Balaban J connectivity index is 2.00. The molecule has 28 heavy (non-hydrogen) atoms. The Morgan fingerprint density at radius 3 is 2.64 bits per heavy atom. The van der Waals surface area contributed by atoms with Gasteiger partial charge in [0.1, 0.15) is 11.4 Å². The van der Waals surface area contributed by atoms with Crippen LogP contribution in [0.3, 0.4) is 0 Å². The lowest BCUT2D eigenvalue weighted by Gasteiger charge is -2.11. The number of aryl methyl sites for hydroxylation is 1. The number of rotatable bonds is 7.